The Morgan fingerprint density at radius 1 is 1.11 bits per heavy atom. The molecule has 0 bridgehead atoms. The zero-order chi connectivity index (χ0) is 19.6. The van der Waals surface area contributed by atoms with Crippen LogP contribution in [0, 0.1) is 6.92 Å². The Kier molecular flexibility index (Phi) is 5.44. The van der Waals surface area contributed by atoms with E-state index in [1.807, 2.05) is 25.1 Å². The predicted octanol–water partition coefficient (Wildman–Crippen LogP) is 5.96. The number of imidazole rings is 1. The molecule has 6 heteroatoms. The average Bonchev–Trinajstić information content (AvgIpc) is 2.97. The van der Waals surface area contributed by atoms with Crippen molar-refractivity contribution < 1.29 is 17.9 Å². The van der Waals surface area contributed by atoms with Crippen LogP contribution in [0.2, 0.25) is 0 Å². The molecule has 0 amide bonds. The van der Waals surface area contributed by atoms with Crippen LogP contribution < -0.4 is 4.74 Å². The lowest BCUT2D eigenvalue weighted by Crippen LogP contribution is -2.16. The zero-order valence-electron chi connectivity index (χ0n) is 15.7. The van der Waals surface area contributed by atoms with Gasteiger partial charge in [-0.25, -0.2) is 4.98 Å². The number of hydrogen-bond donors (Lipinski definition) is 0. The fraction of sp³-hybridized carbons (Fsp3) is 0.381. The second-order valence-corrected chi connectivity index (χ2v) is 6.97. The van der Waals surface area contributed by atoms with E-state index in [-0.39, 0.29) is 6.54 Å². The summed E-state index contributed by atoms with van der Waals surface area (Å²) in [7, 11) is 0. The smallest absolute Gasteiger partial charge is 0.449 e. The predicted molar refractivity (Wildman–Crippen MR) is 100 cm³/mol. The summed E-state index contributed by atoms with van der Waals surface area (Å²) in [5.74, 6) is 0.258. The number of aryl methyl sites for hydroxylation is 2. The van der Waals surface area contributed by atoms with Crippen LogP contribution in [0.25, 0.3) is 11.0 Å². The molecule has 27 heavy (non-hydrogen) atoms. The topological polar surface area (TPSA) is 27.1 Å². The first-order valence-electron chi connectivity index (χ1n) is 9.03. The van der Waals surface area contributed by atoms with Gasteiger partial charge >= 0.3 is 6.18 Å². The minimum Gasteiger partial charge on any atom is -0.493 e. The number of hydrogen-bond acceptors (Lipinski definition) is 2. The highest BCUT2D eigenvalue weighted by Gasteiger charge is 2.37. The maximum absolute atomic E-state index is 13.3. The third-order valence-electron chi connectivity index (χ3n) is 4.48. The Morgan fingerprint density at radius 3 is 2.56 bits per heavy atom. The quantitative estimate of drug-likeness (QED) is 0.497. The lowest BCUT2D eigenvalue weighted by atomic mass is 10.0. The second kappa shape index (κ2) is 7.62. The van der Waals surface area contributed by atoms with Crippen LogP contribution in [0.15, 0.2) is 42.5 Å². The van der Waals surface area contributed by atoms with Crippen LogP contribution >= 0.6 is 0 Å². The molecule has 0 saturated carbocycles. The highest BCUT2D eigenvalue weighted by Crippen LogP contribution is 2.32. The van der Waals surface area contributed by atoms with Gasteiger partial charge in [-0.15, -0.1) is 0 Å². The van der Waals surface area contributed by atoms with E-state index in [0.717, 1.165) is 16.9 Å². The molecule has 1 heterocycles. The maximum Gasteiger partial charge on any atom is 0.449 e. The second-order valence-electron chi connectivity index (χ2n) is 6.97. The van der Waals surface area contributed by atoms with Crippen LogP contribution in [0.1, 0.15) is 43.1 Å². The zero-order valence-corrected chi connectivity index (χ0v) is 15.7. The van der Waals surface area contributed by atoms with E-state index in [2.05, 4.69) is 18.8 Å². The molecule has 0 unspecified atom stereocenters. The van der Waals surface area contributed by atoms with Crippen LogP contribution in [-0.2, 0) is 12.7 Å². The molecule has 144 valence electrons. The van der Waals surface area contributed by atoms with Gasteiger partial charge in [0.05, 0.1) is 17.6 Å². The summed E-state index contributed by atoms with van der Waals surface area (Å²) in [5, 5.41) is 0. The lowest BCUT2D eigenvalue weighted by Gasteiger charge is -2.16. The number of para-hydroxylation sites is 2. The SMILES string of the molecule is Cc1ccc(C(C)C)c(OCCCn2c(C(F)(F)F)nc3ccccc32)c1. The van der Waals surface area contributed by atoms with Crippen molar-refractivity contribution in [3.63, 3.8) is 0 Å². The van der Waals surface area contributed by atoms with Crippen molar-refractivity contribution in [1.29, 1.82) is 0 Å². The molecule has 0 aliphatic heterocycles. The first-order chi connectivity index (χ1) is 12.8. The van der Waals surface area contributed by atoms with Gasteiger partial charge in [-0.1, -0.05) is 38.1 Å². The van der Waals surface area contributed by atoms with Gasteiger partial charge in [0.2, 0.25) is 5.82 Å². The van der Waals surface area contributed by atoms with Gasteiger partial charge in [-0.3, -0.25) is 0 Å². The molecule has 0 N–H and O–H groups in total. The van der Waals surface area contributed by atoms with Gasteiger partial charge in [0, 0.05) is 6.54 Å². The Morgan fingerprint density at radius 2 is 1.85 bits per heavy atom. The molecule has 3 rings (SSSR count). The first-order valence-corrected chi connectivity index (χ1v) is 9.03. The van der Waals surface area contributed by atoms with Gasteiger partial charge in [0.25, 0.3) is 0 Å². The fourth-order valence-corrected chi connectivity index (χ4v) is 3.17. The third kappa shape index (κ3) is 4.26. The number of alkyl halides is 3. The summed E-state index contributed by atoms with van der Waals surface area (Å²) >= 11 is 0. The number of fused-ring (bicyclic) bond motifs is 1. The summed E-state index contributed by atoms with van der Waals surface area (Å²) in [6, 6.07) is 12.7. The van der Waals surface area contributed by atoms with Crippen LogP contribution in [0.5, 0.6) is 5.75 Å². The largest absolute Gasteiger partial charge is 0.493 e. The van der Waals surface area contributed by atoms with E-state index in [0.29, 0.717) is 30.0 Å². The number of ether oxygens (including phenoxy) is 1. The summed E-state index contributed by atoms with van der Waals surface area (Å²) in [6.07, 6.45) is -4.03. The highest BCUT2D eigenvalue weighted by molar-refractivity contribution is 5.76. The van der Waals surface area contributed by atoms with Crippen molar-refractivity contribution in [2.75, 3.05) is 6.61 Å². The third-order valence-corrected chi connectivity index (χ3v) is 4.48. The van der Waals surface area contributed by atoms with E-state index in [4.69, 9.17) is 4.74 Å². The highest BCUT2D eigenvalue weighted by atomic mass is 19.4. The number of nitrogens with zero attached hydrogens (tertiary/aromatic N) is 2. The number of halogens is 3. The van der Waals surface area contributed by atoms with E-state index >= 15 is 0 Å². The normalized spacial score (nSPS) is 12.1. The van der Waals surface area contributed by atoms with Crippen molar-refractivity contribution in [3.05, 3.63) is 59.4 Å². The van der Waals surface area contributed by atoms with E-state index in [1.165, 1.54) is 4.57 Å². The summed E-state index contributed by atoms with van der Waals surface area (Å²) in [4.78, 5) is 3.77. The Balaban J connectivity index is 1.74. The fourth-order valence-electron chi connectivity index (χ4n) is 3.17. The number of aromatic nitrogens is 2. The summed E-state index contributed by atoms with van der Waals surface area (Å²) in [5.41, 5.74) is 3.04. The molecule has 0 spiro atoms. The van der Waals surface area contributed by atoms with Crippen molar-refractivity contribution >= 4 is 11.0 Å². The first kappa shape index (κ1) is 19.3. The molecule has 1 aromatic heterocycles. The minimum atomic E-state index is -4.48. The van der Waals surface area contributed by atoms with Crippen molar-refractivity contribution in [2.24, 2.45) is 0 Å². The van der Waals surface area contributed by atoms with Gasteiger partial charge in [0.15, 0.2) is 0 Å². The van der Waals surface area contributed by atoms with Crippen LogP contribution in [0.4, 0.5) is 13.2 Å². The number of benzene rings is 2. The lowest BCUT2D eigenvalue weighted by molar-refractivity contribution is -0.147. The van der Waals surface area contributed by atoms with Crippen molar-refractivity contribution in [3.8, 4) is 5.75 Å². The van der Waals surface area contributed by atoms with E-state index in [1.54, 1.807) is 24.3 Å². The Hall–Kier alpha value is -2.50. The molecule has 0 radical (unpaired) electrons. The monoisotopic (exact) mass is 376 g/mol. The van der Waals surface area contributed by atoms with Gasteiger partial charge in [0.1, 0.15) is 5.75 Å². The average molecular weight is 376 g/mol. The van der Waals surface area contributed by atoms with E-state index in [9.17, 15) is 13.2 Å². The van der Waals surface area contributed by atoms with Crippen LogP contribution in [0.3, 0.4) is 0 Å². The molecule has 0 atom stereocenters. The molecule has 0 aliphatic rings. The number of rotatable bonds is 6. The Labute approximate surface area is 156 Å². The van der Waals surface area contributed by atoms with Crippen molar-refractivity contribution in [1.82, 2.24) is 9.55 Å². The van der Waals surface area contributed by atoms with Gasteiger partial charge < -0.3 is 9.30 Å². The summed E-state index contributed by atoms with van der Waals surface area (Å²) < 4.78 is 47.1. The molecular formula is C21H23F3N2O. The van der Waals surface area contributed by atoms with Gasteiger partial charge in [-0.05, 0) is 48.6 Å². The molecule has 2 aromatic carbocycles. The molecule has 3 nitrogen and oxygen atoms in total. The van der Waals surface area contributed by atoms with Gasteiger partial charge in [-0.2, -0.15) is 13.2 Å². The minimum absolute atomic E-state index is 0.193. The molecule has 0 saturated heterocycles. The maximum atomic E-state index is 13.3. The van der Waals surface area contributed by atoms with Crippen LogP contribution in [-0.4, -0.2) is 16.2 Å². The van der Waals surface area contributed by atoms with Crippen molar-refractivity contribution in [2.45, 2.75) is 45.8 Å². The molecule has 0 fully saturated rings. The molecular weight excluding hydrogens is 353 g/mol. The standard InChI is InChI=1S/C21H23F3N2O/c1-14(2)16-10-9-15(3)13-19(16)27-12-6-11-26-18-8-5-4-7-17(18)25-20(26)21(22,23)24/h4-5,7-10,13-14H,6,11-12H2,1-3H3. The molecule has 3 aromatic rings. The molecule has 0 aliphatic carbocycles. The Bertz CT molecular complexity index is 929. The summed E-state index contributed by atoms with van der Waals surface area (Å²) in [6.45, 7) is 6.70. The van der Waals surface area contributed by atoms with E-state index < -0.39 is 12.0 Å².